The first-order valence-electron chi connectivity index (χ1n) is 13.0. The van der Waals surface area contributed by atoms with Gasteiger partial charge in [0.25, 0.3) is 0 Å². The quantitative estimate of drug-likeness (QED) is 0.123. The number of nitrogens with two attached hydrogens (primary N) is 3. The molecule has 5 amide bonds. The van der Waals surface area contributed by atoms with Gasteiger partial charge in [0.05, 0.1) is 6.04 Å². The number of nitrogens with one attached hydrogen (secondary N) is 3. The van der Waals surface area contributed by atoms with Crippen molar-refractivity contribution in [3.63, 3.8) is 0 Å². The van der Waals surface area contributed by atoms with Crippen LogP contribution in [0.4, 0.5) is 0 Å². The summed E-state index contributed by atoms with van der Waals surface area (Å²) >= 11 is 0. The third-order valence-electron chi connectivity index (χ3n) is 6.16. The Morgan fingerprint density at radius 3 is 1.51 bits per heavy atom. The molecule has 10 N–H and O–H groups in total. The molecule has 220 valence electrons. The Balaban J connectivity index is 2.22. The number of rotatable bonds is 17. The lowest BCUT2D eigenvalue weighted by Crippen LogP contribution is -2.58. The lowest BCUT2D eigenvalue weighted by atomic mass is 10.0. The van der Waals surface area contributed by atoms with E-state index in [-0.39, 0.29) is 38.5 Å². The minimum atomic E-state index is -1.44. The molecule has 0 heterocycles. The Morgan fingerprint density at radius 1 is 0.610 bits per heavy atom. The first-order chi connectivity index (χ1) is 19.5. The van der Waals surface area contributed by atoms with E-state index in [9.17, 15) is 33.9 Å². The third-order valence-corrected chi connectivity index (χ3v) is 6.16. The van der Waals surface area contributed by atoms with E-state index in [4.69, 9.17) is 17.2 Å². The van der Waals surface area contributed by atoms with Crippen molar-refractivity contribution in [2.75, 3.05) is 0 Å². The Bertz CT molecular complexity index is 1210. The molecule has 0 aliphatic heterocycles. The molecule has 0 aliphatic rings. The summed E-state index contributed by atoms with van der Waals surface area (Å²) in [6.45, 7) is 0. The molecule has 4 unspecified atom stereocenters. The second-order valence-corrected chi connectivity index (χ2v) is 9.52. The number of hydrogen-bond acceptors (Lipinski definition) is 7. The van der Waals surface area contributed by atoms with Gasteiger partial charge in [-0.25, -0.2) is 4.79 Å². The van der Waals surface area contributed by atoms with Gasteiger partial charge in [0.15, 0.2) is 0 Å². The van der Waals surface area contributed by atoms with Crippen LogP contribution < -0.4 is 33.2 Å². The summed E-state index contributed by atoms with van der Waals surface area (Å²) in [6.07, 6.45) is -0.768. The summed E-state index contributed by atoms with van der Waals surface area (Å²) in [5, 5.41) is 16.9. The molecular formula is C28H36N6O7. The van der Waals surface area contributed by atoms with E-state index in [0.717, 1.165) is 5.56 Å². The molecule has 0 fully saturated rings. The largest absolute Gasteiger partial charge is 0.480 e. The summed E-state index contributed by atoms with van der Waals surface area (Å²) < 4.78 is 0. The first-order valence-corrected chi connectivity index (χ1v) is 13.0. The SMILES string of the molecule is NC(=O)CCC(NC(=O)C(Cc1ccccc1)NC(=O)C(CCC(N)=O)NC(=O)C(N)Cc1ccccc1)C(=O)O. The number of primary amides is 2. The van der Waals surface area contributed by atoms with Crippen molar-refractivity contribution in [2.45, 2.75) is 62.7 Å². The summed E-state index contributed by atoms with van der Waals surface area (Å²) in [5.74, 6) is -5.11. The highest BCUT2D eigenvalue weighted by Gasteiger charge is 2.31. The van der Waals surface area contributed by atoms with Gasteiger partial charge in [-0.3, -0.25) is 24.0 Å². The van der Waals surface area contributed by atoms with Gasteiger partial charge >= 0.3 is 5.97 Å². The van der Waals surface area contributed by atoms with Gasteiger partial charge in [-0.1, -0.05) is 60.7 Å². The maximum Gasteiger partial charge on any atom is 0.326 e. The number of carbonyl (C=O) groups is 6. The van der Waals surface area contributed by atoms with Gasteiger partial charge in [-0.05, 0) is 30.4 Å². The summed E-state index contributed by atoms with van der Waals surface area (Å²) in [6, 6.07) is 12.6. The van der Waals surface area contributed by atoms with Crippen LogP contribution in [0.15, 0.2) is 60.7 Å². The lowest BCUT2D eigenvalue weighted by molar-refractivity contribution is -0.142. The van der Waals surface area contributed by atoms with Crippen molar-refractivity contribution >= 4 is 35.5 Å². The van der Waals surface area contributed by atoms with Crippen molar-refractivity contribution in [3.8, 4) is 0 Å². The highest BCUT2D eigenvalue weighted by Crippen LogP contribution is 2.08. The molecule has 0 spiro atoms. The standard InChI is InChI=1S/C28H36N6O7/c29-19(15-17-7-3-1-4-8-17)25(37)32-20(11-13-23(30)35)26(38)34-22(16-18-9-5-2-6-10-18)27(39)33-21(28(40)41)12-14-24(31)36/h1-10,19-22H,11-16,29H2,(H2,30,35)(H2,31,36)(H,32,37)(H,33,39)(H,34,38)(H,40,41). The molecule has 0 radical (unpaired) electrons. The Hall–Kier alpha value is -4.78. The Labute approximate surface area is 237 Å². The van der Waals surface area contributed by atoms with E-state index >= 15 is 0 Å². The summed E-state index contributed by atoms with van der Waals surface area (Å²) in [7, 11) is 0. The maximum absolute atomic E-state index is 13.3. The van der Waals surface area contributed by atoms with Gasteiger partial charge in [0.2, 0.25) is 29.5 Å². The van der Waals surface area contributed by atoms with Crippen LogP contribution in [0.3, 0.4) is 0 Å². The molecule has 0 aromatic heterocycles. The summed E-state index contributed by atoms with van der Waals surface area (Å²) in [5.41, 5.74) is 17.9. The van der Waals surface area contributed by atoms with Crippen molar-refractivity contribution < 1.29 is 33.9 Å². The fourth-order valence-corrected chi connectivity index (χ4v) is 3.94. The van der Waals surface area contributed by atoms with Crippen LogP contribution in [0, 0.1) is 0 Å². The lowest BCUT2D eigenvalue weighted by Gasteiger charge is -2.25. The second kappa shape index (κ2) is 16.4. The normalized spacial score (nSPS) is 13.6. The van der Waals surface area contributed by atoms with Gasteiger partial charge in [-0.2, -0.15) is 0 Å². The number of carboxylic acids is 1. The zero-order chi connectivity index (χ0) is 30.4. The second-order valence-electron chi connectivity index (χ2n) is 9.52. The smallest absolute Gasteiger partial charge is 0.326 e. The van der Waals surface area contributed by atoms with E-state index in [1.165, 1.54) is 0 Å². The number of carbonyl (C=O) groups excluding carboxylic acids is 5. The monoisotopic (exact) mass is 568 g/mol. The maximum atomic E-state index is 13.3. The van der Waals surface area contributed by atoms with Crippen LogP contribution in [0.2, 0.25) is 0 Å². The number of amides is 5. The Kier molecular flexibility index (Phi) is 12.9. The van der Waals surface area contributed by atoms with Crippen LogP contribution in [-0.4, -0.2) is 64.8 Å². The molecule has 2 aromatic carbocycles. The molecule has 13 nitrogen and oxygen atoms in total. The topological polar surface area (TPSA) is 237 Å². The predicted molar refractivity (Wildman–Crippen MR) is 149 cm³/mol. The van der Waals surface area contributed by atoms with Gasteiger partial charge in [0, 0.05) is 19.3 Å². The van der Waals surface area contributed by atoms with Gasteiger partial charge in [0.1, 0.15) is 18.1 Å². The van der Waals surface area contributed by atoms with E-state index in [1.54, 1.807) is 54.6 Å². The summed E-state index contributed by atoms with van der Waals surface area (Å²) in [4.78, 5) is 73.6. The highest BCUT2D eigenvalue weighted by atomic mass is 16.4. The highest BCUT2D eigenvalue weighted by molar-refractivity contribution is 5.94. The predicted octanol–water partition coefficient (Wildman–Crippen LogP) is -1.13. The van der Waals surface area contributed by atoms with E-state index in [1.807, 2.05) is 6.07 Å². The van der Waals surface area contributed by atoms with E-state index < -0.39 is 59.7 Å². The third kappa shape index (κ3) is 11.9. The number of carboxylic acid groups (broad SMARTS) is 1. The minimum absolute atomic E-state index is 0.0232. The van der Waals surface area contributed by atoms with Gasteiger partial charge in [-0.15, -0.1) is 0 Å². The fraction of sp³-hybridized carbons (Fsp3) is 0.357. The zero-order valence-electron chi connectivity index (χ0n) is 22.5. The minimum Gasteiger partial charge on any atom is -0.480 e. The number of aliphatic carboxylic acids is 1. The molecule has 0 saturated carbocycles. The van der Waals surface area contributed by atoms with Crippen molar-refractivity contribution in [1.29, 1.82) is 0 Å². The molecule has 0 saturated heterocycles. The van der Waals surface area contributed by atoms with Gasteiger partial charge < -0.3 is 38.3 Å². The fourth-order valence-electron chi connectivity index (χ4n) is 3.94. The molecule has 0 aliphatic carbocycles. The molecular weight excluding hydrogens is 532 g/mol. The molecule has 13 heteroatoms. The molecule has 41 heavy (non-hydrogen) atoms. The van der Waals surface area contributed by atoms with Crippen LogP contribution in [0.25, 0.3) is 0 Å². The van der Waals surface area contributed by atoms with Crippen molar-refractivity contribution in [1.82, 2.24) is 16.0 Å². The van der Waals surface area contributed by atoms with Crippen molar-refractivity contribution in [3.05, 3.63) is 71.8 Å². The molecule has 2 rings (SSSR count). The first kappa shape index (κ1) is 32.4. The van der Waals surface area contributed by atoms with E-state index in [0.29, 0.717) is 5.56 Å². The van der Waals surface area contributed by atoms with Crippen LogP contribution in [-0.2, 0) is 41.6 Å². The average molecular weight is 569 g/mol. The van der Waals surface area contributed by atoms with E-state index in [2.05, 4.69) is 16.0 Å². The van der Waals surface area contributed by atoms with Crippen LogP contribution in [0.1, 0.15) is 36.8 Å². The Morgan fingerprint density at radius 2 is 1.02 bits per heavy atom. The van der Waals surface area contributed by atoms with Crippen molar-refractivity contribution in [2.24, 2.45) is 17.2 Å². The zero-order valence-corrected chi connectivity index (χ0v) is 22.5. The average Bonchev–Trinajstić information content (AvgIpc) is 2.93. The molecule has 2 aromatic rings. The number of hydrogen-bond donors (Lipinski definition) is 7. The number of benzene rings is 2. The molecule has 0 bridgehead atoms. The molecule has 4 atom stereocenters. The van der Waals surface area contributed by atoms with Crippen LogP contribution in [0.5, 0.6) is 0 Å². The van der Waals surface area contributed by atoms with Crippen LogP contribution >= 0.6 is 0 Å².